The molecule has 25 heavy (non-hydrogen) atoms. The highest BCUT2D eigenvalue weighted by molar-refractivity contribution is 5.74. The van der Waals surface area contributed by atoms with Crippen LogP contribution in [0, 0.1) is 0 Å². The van der Waals surface area contributed by atoms with Crippen molar-refractivity contribution in [3.05, 3.63) is 35.4 Å². The van der Waals surface area contributed by atoms with Crippen molar-refractivity contribution < 1.29 is 14.3 Å². The first kappa shape index (κ1) is 18.1. The smallest absolute Gasteiger partial charge is 0.317 e. The van der Waals surface area contributed by atoms with Gasteiger partial charge in [-0.15, -0.1) is 0 Å². The van der Waals surface area contributed by atoms with Crippen LogP contribution in [0.5, 0.6) is 0 Å². The van der Waals surface area contributed by atoms with Crippen molar-refractivity contribution in [2.24, 2.45) is 0 Å². The zero-order valence-electron chi connectivity index (χ0n) is 14.9. The maximum absolute atomic E-state index is 14.1. The highest BCUT2D eigenvalue weighted by atomic mass is 19.1. The fourth-order valence-corrected chi connectivity index (χ4v) is 3.82. The Kier molecular flexibility index (Phi) is 5.59. The Hall–Kier alpha value is -1.66. The Balaban J connectivity index is 1.52. The maximum atomic E-state index is 14.1. The standard InChI is InChI=1S/C19H28FN3O2/c1-2-17(22-9-7-15-5-3-4-6-16(15)12-22)11-21-18(25)23-10-8-19(20,13-23)14-24/h3-6,17,24H,2,7-14H2,1H3,(H,21,25)/t17-,19-/m1/s1. The molecule has 0 bridgehead atoms. The Morgan fingerprint density at radius 2 is 2.12 bits per heavy atom. The van der Waals surface area contributed by atoms with Gasteiger partial charge in [0.05, 0.1) is 13.2 Å². The lowest BCUT2D eigenvalue weighted by atomic mass is 9.98. The first-order valence-corrected chi connectivity index (χ1v) is 9.18. The Bertz CT molecular complexity index is 612. The summed E-state index contributed by atoms with van der Waals surface area (Å²) in [5, 5.41) is 12.0. The van der Waals surface area contributed by atoms with Crippen molar-refractivity contribution in [2.45, 2.75) is 44.4 Å². The van der Waals surface area contributed by atoms with Crippen LogP contribution in [-0.2, 0) is 13.0 Å². The Morgan fingerprint density at radius 3 is 2.80 bits per heavy atom. The number of benzene rings is 1. The summed E-state index contributed by atoms with van der Waals surface area (Å²) >= 11 is 0. The average molecular weight is 349 g/mol. The highest BCUT2D eigenvalue weighted by Crippen LogP contribution is 2.25. The monoisotopic (exact) mass is 349 g/mol. The number of rotatable bonds is 5. The molecule has 1 aromatic carbocycles. The molecule has 0 unspecified atom stereocenters. The first-order valence-electron chi connectivity index (χ1n) is 9.18. The van der Waals surface area contributed by atoms with Crippen molar-refractivity contribution in [3.63, 3.8) is 0 Å². The number of aliphatic hydroxyl groups is 1. The second-order valence-corrected chi connectivity index (χ2v) is 7.22. The summed E-state index contributed by atoms with van der Waals surface area (Å²) in [5.41, 5.74) is 1.14. The molecular weight excluding hydrogens is 321 g/mol. The molecular formula is C19H28FN3O2. The lowest BCUT2D eigenvalue weighted by Crippen LogP contribution is -2.49. The molecule has 2 N–H and O–H groups in total. The predicted molar refractivity (Wildman–Crippen MR) is 95.1 cm³/mol. The van der Waals surface area contributed by atoms with E-state index < -0.39 is 12.3 Å². The van der Waals surface area contributed by atoms with Gasteiger partial charge in [-0.25, -0.2) is 9.18 Å². The second-order valence-electron chi connectivity index (χ2n) is 7.22. The van der Waals surface area contributed by atoms with Crippen LogP contribution >= 0.6 is 0 Å². The van der Waals surface area contributed by atoms with E-state index >= 15 is 0 Å². The fourth-order valence-electron chi connectivity index (χ4n) is 3.82. The number of amides is 2. The number of likely N-dealkylation sites (tertiary alicyclic amines) is 1. The summed E-state index contributed by atoms with van der Waals surface area (Å²) in [6, 6.07) is 8.55. The van der Waals surface area contributed by atoms with Gasteiger partial charge in [-0.05, 0) is 24.0 Å². The average Bonchev–Trinajstić information content (AvgIpc) is 3.05. The van der Waals surface area contributed by atoms with Crippen LogP contribution in [0.1, 0.15) is 30.9 Å². The number of alkyl halides is 1. The number of nitrogens with one attached hydrogen (secondary N) is 1. The minimum Gasteiger partial charge on any atom is -0.393 e. The molecule has 1 fully saturated rings. The molecule has 2 atom stereocenters. The molecule has 0 aromatic heterocycles. The predicted octanol–water partition coefficient (Wildman–Crippen LogP) is 1.94. The quantitative estimate of drug-likeness (QED) is 0.854. The molecule has 1 aromatic rings. The van der Waals surface area contributed by atoms with Gasteiger partial charge < -0.3 is 15.3 Å². The van der Waals surface area contributed by atoms with Gasteiger partial charge >= 0.3 is 6.03 Å². The molecule has 2 aliphatic heterocycles. The van der Waals surface area contributed by atoms with E-state index in [-0.39, 0.29) is 25.0 Å². The molecule has 0 saturated carbocycles. The minimum atomic E-state index is -1.64. The van der Waals surface area contributed by atoms with Crippen LogP contribution in [-0.4, -0.2) is 65.4 Å². The van der Waals surface area contributed by atoms with E-state index in [0.717, 1.165) is 25.9 Å². The molecule has 5 nitrogen and oxygen atoms in total. The number of urea groups is 1. The maximum Gasteiger partial charge on any atom is 0.317 e. The Morgan fingerprint density at radius 1 is 1.36 bits per heavy atom. The van der Waals surface area contributed by atoms with Crippen molar-refractivity contribution in [3.8, 4) is 0 Å². The third kappa shape index (κ3) is 4.12. The molecule has 2 heterocycles. The van der Waals surface area contributed by atoms with E-state index in [9.17, 15) is 9.18 Å². The third-order valence-corrected chi connectivity index (χ3v) is 5.51. The van der Waals surface area contributed by atoms with Gasteiger partial charge in [0.1, 0.15) is 0 Å². The molecule has 6 heteroatoms. The zero-order chi connectivity index (χ0) is 17.9. The van der Waals surface area contributed by atoms with Gasteiger partial charge in [0.15, 0.2) is 5.67 Å². The molecule has 0 spiro atoms. The van der Waals surface area contributed by atoms with E-state index in [1.165, 1.54) is 16.0 Å². The number of hydrogen-bond acceptors (Lipinski definition) is 3. The van der Waals surface area contributed by atoms with Gasteiger partial charge in [-0.3, -0.25) is 4.90 Å². The normalized spacial score (nSPS) is 24.8. The number of carbonyl (C=O) groups excluding carboxylic acids is 1. The molecule has 138 valence electrons. The van der Waals surface area contributed by atoms with Crippen LogP contribution in [0.15, 0.2) is 24.3 Å². The molecule has 2 aliphatic rings. The molecule has 2 amide bonds. The number of aliphatic hydroxyl groups excluding tert-OH is 1. The lowest BCUT2D eigenvalue weighted by Gasteiger charge is -2.35. The fraction of sp³-hybridized carbons (Fsp3) is 0.632. The van der Waals surface area contributed by atoms with Gasteiger partial charge in [-0.2, -0.15) is 0 Å². The van der Waals surface area contributed by atoms with Crippen LogP contribution < -0.4 is 5.32 Å². The lowest BCUT2D eigenvalue weighted by molar-refractivity contribution is 0.0803. The molecule has 0 aliphatic carbocycles. The molecule has 1 saturated heterocycles. The van der Waals surface area contributed by atoms with Gasteiger partial charge in [0.2, 0.25) is 0 Å². The topological polar surface area (TPSA) is 55.8 Å². The largest absolute Gasteiger partial charge is 0.393 e. The van der Waals surface area contributed by atoms with E-state index in [0.29, 0.717) is 13.1 Å². The SMILES string of the molecule is CC[C@H](CNC(=O)N1CC[C@](F)(CO)C1)N1CCc2ccccc2C1. The summed E-state index contributed by atoms with van der Waals surface area (Å²) in [7, 11) is 0. The first-order chi connectivity index (χ1) is 12.0. The van der Waals surface area contributed by atoms with Crippen molar-refractivity contribution >= 4 is 6.03 Å². The Labute approximate surface area is 148 Å². The number of halogens is 1. The summed E-state index contributed by atoms with van der Waals surface area (Å²) < 4.78 is 14.1. The minimum absolute atomic E-state index is 0.0246. The van der Waals surface area contributed by atoms with Crippen LogP contribution in [0.4, 0.5) is 9.18 Å². The van der Waals surface area contributed by atoms with Crippen LogP contribution in [0.2, 0.25) is 0 Å². The summed E-state index contributed by atoms with van der Waals surface area (Å²) in [4.78, 5) is 16.2. The molecule has 3 rings (SSSR count). The van der Waals surface area contributed by atoms with Gasteiger partial charge in [-0.1, -0.05) is 31.2 Å². The number of fused-ring (bicyclic) bond motifs is 1. The summed E-state index contributed by atoms with van der Waals surface area (Å²) in [6.07, 6.45) is 2.19. The highest BCUT2D eigenvalue weighted by Gasteiger charge is 2.39. The second kappa shape index (κ2) is 7.70. The number of nitrogens with zero attached hydrogens (tertiary/aromatic N) is 2. The van der Waals surface area contributed by atoms with E-state index in [1.807, 2.05) is 0 Å². The third-order valence-electron chi connectivity index (χ3n) is 5.51. The summed E-state index contributed by atoms with van der Waals surface area (Å²) in [5.74, 6) is 0. The number of hydrogen-bond donors (Lipinski definition) is 2. The van der Waals surface area contributed by atoms with Gasteiger partial charge in [0.25, 0.3) is 0 Å². The zero-order valence-corrected chi connectivity index (χ0v) is 14.9. The van der Waals surface area contributed by atoms with Gasteiger partial charge in [0, 0.05) is 38.6 Å². The van der Waals surface area contributed by atoms with Crippen molar-refractivity contribution in [1.29, 1.82) is 0 Å². The van der Waals surface area contributed by atoms with Crippen LogP contribution in [0.25, 0.3) is 0 Å². The van der Waals surface area contributed by atoms with Crippen LogP contribution in [0.3, 0.4) is 0 Å². The summed E-state index contributed by atoms with van der Waals surface area (Å²) in [6.45, 7) is 4.40. The van der Waals surface area contributed by atoms with E-state index in [4.69, 9.17) is 5.11 Å². The van der Waals surface area contributed by atoms with Crippen molar-refractivity contribution in [1.82, 2.24) is 15.1 Å². The number of carbonyl (C=O) groups is 1. The van der Waals surface area contributed by atoms with E-state index in [2.05, 4.69) is 41.4 Å². The van der Waals surface area contributed by atoms with Crippen molar-refractivity contribution in [2.75, 3.05) is 32.8 Å². The molecule has 0 radical (unpaired) electrons. The van der Waals surface area contributed by atoms with E-state index in [1.54, 1.807) is 0 Å².